The summed E-state index contributed by atoms with van der Waals surface area (Å²) in [5, 5.41) is 9.62. The summed E-state index contributed by atoms with van der Waals surface area (Å²) in [7, 11) is 0. The van der Waals surface area contributed by atoms with Crippen molar-refractivity contribution < 1.29 is 14.1 Å². The zero-order valence-electron chi connectivity index (χ0n) is 13.2. The van der Waals surface area contributed by atoms with Gasteiger partial charge in [-0.05, 0) is 0 Å². The van der Waals surface area contributed by atoms with Crippen molar-refractivity contribution in [3.63, 3.8) is 0 Å². The minimum atomic E-state index is -0.420. The third kappa shape index (κ3) is 3.10. The van der Waals surface area contributed by atoms with E-state index < -0.39 is 5.91 Å². The van der Waals surface area contributed by atoms with Gasteiger partial charge in [0.25, 0.3) is 5.91 Å². The highest BCUT2D eigenvalue weighted by atomic mass is 16.5. The number of aromatic nitrogens is 1. The fraction of sp³-hybridized carbons (Fsp3) is 0.0526. The SMILES string of the molecule is O=C(NC1=C(c2ccccc2)NC(c2ccccc2)O1)c1ccno1. The van der Waals surface area contributed by atoms with E-state index in [1.165, 1.54) is 12.3 Å². The molecule has 0 spiro atoms. The van der Waals surface area contributed by atoms with Crippen molar-refractivity contribution in [1.82, 2.24) is 15.8 Å². The van der Waals surface area contributed by atoms with Crippen molar-refractivity contribution in [2.75, 3.05) is 0 Å². The highest BCUT2D eigenvalue weighted by Gasteiger charge is 2.29. The lowest BCUT2D eigenvalue weighted by Gasteiger charge is -2.13. The van der Waals surface area contributed by atoms with Gasteiger partial charge in [-0.25, -0.2) is 0 Å². The molecule has 6 heteroatoms. The molecule has 1 atom stereocenters. The zero-order chi connectivity index (χ0) is 17.1. The predicted molar refractivity (Wildman–Crippen MR) is 90.7 cm³/mol. The van der Waals surface area contributed by atoms with Gasteiger partial charge in [0.1, 0.15) is 5.70 Å². The first-order valence-electron chi connectivity index (χ1n) is 7.81. The van der Waals surface area contributed by atoms with Crippen LogP contribution < -0.4 is 10.6 Å². The van der Waals surface area contributed by atoms with Crippen LogP contribution in [0.25, 0.3) is 5.70 Å². The predicted octanol–water partition coefficient (Wildman–Crippen LogP) is 3.05. The van der Waals surface area contributed by atoms with Gasteiger partial charge in [0.2, 0.25) is 11.6 Å². The van der Waals surface area contributed by atoms with Crippen LogP contribution in [0, 0.1) is 0 Å². The monoisotopic (exact) mass is 333 g/mol. The summed E-state index contributed by atoms with van der Waals surface area (Å²) < 4.78 is 10.9. The first-order valence-corrected chi connectivity index (χ1v) is 7.81. The number of rotatable bonds is 4. The summed E-state index contributed by atoms with van der Waals surface area (Å²) in [5.74, 6) is 0.0459. The van der Waals surface area contributed by atoms with Gasteiger partial charge in [-0.3, -0.25) is 10.1 Å². The topological polar surface area (TPSA) is 76.4 Å². The van der Waals surface area contributed by atoms with Crippen molar-refractivity contribution in [3.8, 4) is 0 Å². The molecule has 124 valence electrons. The third-order valence-corrected chi connectivity index (χ3v) is 3.79. The maximum absolute atomic E-state index is 12.3. The summed E-state index contributed by atoms with van der Waals surface area (Å²) in [6.45, 7) is 0. The second-order valence-corrected chi connectivity index (χ2v) is 5.45. The van der Waals surface area contributed by atoms with Gasteiger partial charge < -0.3 is 14.6 Å². The van der Waals surface area contributed by atoms with E-state index in [9.17, 15) is 4.79 Å². The van der Waals surface area contributed by atoms with E-state index in [1.54, 1.807) is 0 Å². The van der Waals surface area contributed by atoms with Crippen LogP contribution >= 0.6 is 0 Å². The Morgan fingerprint density at radius 1 is 1.00 bits per heavy atom. The van der Waals surface area contributed by atoms with Gasteiger partial charge in [0.05, 0.1) is 6.20 Å². The third-order valence-electron chi connectivity index (χ3n) is 3.79. The lowest BCUT2D eigenvalue weighted by atomic mass is 10.1. The van der Waals surface area contributed by atoms with Gasteiger partial charge in [0.15, 0.2) is 6.23 Å². The average molecular weight is 333 g/mol. The van der Waals surface area contributed by atoms with Crippen molar-refractivity contribution in [3.05, 3.63) is 95.7 Å². The molecule has 0 saturated carbocycles. The van der Waals surface area contributed by atoms with Crippen LogP contribution in [-0.4, -0.2) is 11.1 Å². The molecule has 3 aromatic rings. The molecule has 1 unspecified atom stereocenters. The molecule has 6 nitrogen and oxygen atoms in total. The number of amides is 1. The lowest BCUT2D eigenvalue weighted by Crippen LogP contribution is -2.23. The molecule has 4 rings (SSSR count). The highest BCUT2D eigenvalue weighted by Crippen LogP contribution is 2.30. The van der Waals surface area contributed by atoms with E-state index in [4.69, 9.17) is 9.26 Å². The van der Waals surface area contributed by atoms with E-state index in [1.807, 2.05) is 60.7 Å². The number of nitrogens with one attached hydrogen (secondary N) is 2. The Bertz CT molecular complexity index is 890. The average Bonchev–Trinajstić information content (AvgIpc) is 3.33. The van der Waals surface area contributed by atoms with Crippen LogP contribution in [0.15, 0.2) is 83.3 Å². The molecule has 25 heavy (non-hydrogen) atoms. The molecule has 0 bridgehead atoms. The summed E-state index contributed by atoms with van der Waals surface area (Å²) in [5.41, 5.74) is 2.58. The zero-order valence-corrected chi connectivity index (χ0v) is 13.2. The molecule has 2 N–H and O–H groups in total. The van der Waals surface area contributed by atoms with E-state index in [0.717, 1.165) is 11.1 Å². The number of nitrogens with zero attached hydrogens (tertiary/aromatic N) is 1. The van der Waals surface area contributed by atoms with E-state index in [-0.39, 0.29) is 12.0 Å². The van der Waals surface area contributed by atoms with Crippen LogP contribution in [-0.2, 0) is 4.74 Å². The number of carbonyl (C=O) groups is 1. The van der Waals surface area contributed by atoms with Crippen LogP contribution in [0.5, 0.6) is 0 Å². The number of hydrogen-bond donors (Lipinski definition) is 2. The number of ether oxygens (including phenoxy) is 1. The van der Waals surface area contributed by atoms with Gasteiger partial charge in [-0.15, -0.1) is 0 Å². The summed E-state index contributed by atoms with van der Waals surface area (Å²) in [4.78, 5) is 12.3. The number of benzene rings is 2. The van der Waals surface area contributed by atoms with Gasteiger partial charge in [-0.1, -0.05) is 65.8 Å². The standard InChI is InChI=1S/C19H15N3O3/c23-17(15-11-12-20-25-15)22-19-16(13-7-3-1-4-8-13)21-18(24-19)14-9-5-2-6-10-14/h1-12,18,21H,(H,22,23). The molecule has 1 amide bonds. The maximum atomic E-state index is 12.3. The van der Waals surface area contributed by atoms with E-state index >= 15 is 0 Å². The number of hydrogen-bond acceptors (Lipinski definition) is 5. The van der Waals surface area contributed by atoms with Gasteiger partial charge >= 0.3 is 0 Å². The van der Waals surface area contributed by atoms with Crippen LogP contribution in [0.3, 0.4) is 0 Å². The Morgan fingerprint density at radius 2 is 1.72 bits per heavy atom. The van der Waals surface area contributed by atoms with Crippen molar-refractivity contribution in [1.29, 1.82) is 0 Å². The molecular formula is C19H15N3O3. The summed E-state index contributed by atoms with van der Waals surface area (Å²) in [6.07, 6.45) is 1.03. The number of carbonyl (C=O) groups excluding carboxylic acids is 1. The fourth-order valence-electron chi connectivity index (χ4n) is 2.59. The second kappa shape index (κ2) is 6.52. The van der Waals surface area contributed by atoms with Gasteiger partial charge in [0, 0.05) is 17.2 Å². The molecular weight excluding hydrogens is 318 g/mol. The molecule has 1 aliphatic rings. The maximum Gasteiger partial charge on any atom is 0.296 e. The summed E-state index contributed by atoms with van der Waals surface area (Å²) >= 11 is 0. The molecule has 1 aliphatic heterocycles. The normalized spacial score (nSPS) is 16.2. The minimum absolute atomic E-state index is 0.117. The Labute approximate surface area is 144 Å². The van der Waals surface area contributed by atoms with Crippen LogP contribution in [0.1, 0.15) is 27.9 Å². The fourth-order valence-corrected chi connectivity index (χ4v) is 2.59. The highest BCUT2D eigenvalue weighted by molar-refractivity contribution is 5.93. The quantitative estimate of drug-likeness (QED) is 0.767. The Balaban J connectivity index is 1.64. The molecule has 0 saturated heterocycles. The first-order chi connectivity index (χ1) is 12.3. The Hall–Kier alpha value is -3.54. The minimum Gasteiger partial charge on any atom is -0.449 e. The van der Waals surface area contributed by atoms with Crippen molar-refractivity contribution >= 4 is 11.6 Å². The largest absolute Gasteiger partial charge is 0.449 e. The van der Waals surface area contributed by atoms with Crippen LogP contribution in [0.4, 0.5) is 0 Å². The van der Waals surface area contributed by atoms with E-state index in [2.05, 4.69) is 15.8 Å². The van der Waals surface area contributed by atoms with Crippen molar-refractivity contribution in [2.45, 2.75) is 6.23 Å². The Kier molecular flexibility index (Phi) is 3.92. The van der Waals surface area contributed by atoms with E-state index in [0.29, 0.717) is 11.6 Å². The first kappa shape index (κ1) is 15.0. The Morgan fingerprint density at radius 3 is 2.40 bits per heavy atom. The molecule has 0 radical (unpaired) electrons. The second-order valence-electron chi connectivity index (χ2n) is 5.45. The van der Waals surface area contributed by atoms with Crippen LogP contribution in [0.2, 0.25) is 0 Å². The molecule has 2 heterocycles. The molecule has 0 fully saturated rings. The van der Waals surface area contributed by atoms with Crippen molar-refractivity contribution in [2.24, 2.45) is 0 Å². The molecule has 1 aromatic heterocycles. The molecule has 0 aliphatic carbocycles. The smallest absolute Gasteiger partial charge is 0.296 e. The summed E-state index contributed by atoms with van der Waals surface area (Å²) in [6, 6.07) is 20.9. The van der Waals surface area contributed by atoms with Gasteiger partial charge in [-0.2, -0.15) is 0 Å². The molecule has 2 aromatic carbocycles. The lowest BCUT2D eigenvalue weighted by molar-refractivity contribution is 0.0819.